The number of H-pyrrole nitrogens is 1. The first kappa shape index (κ1) is 12.1. The highest BCUT2D eigenvalue weighted by atomic mass is 16.4. The molecule has 0 saturated heterocycles. The van der Waals surface area contributed by atoms with Gasteiger partial charge in [0.05, 0.1) is 0 Å². The Morgan fingerprint density at radius 1 is 1.28 bits per heavy atom. The van der Waals surface area contributed by atoms with Gasteiger partial charge < -0.3 is 10.1 Å². The number of benzene rings is 1. The molecule has 0 aliphatic heterocycles. The van der Waals surface area contributed by atoms with E-state index in [0.717, 1.165) is 16.8 Å². The lowest BCUT2D eigenvalue weighted by molar-refractivity contribution is 0.0695. The first-order valence-corrected chi connectivity index (χ1v) is 5.68. The molecule has 2 N–H and O–H groups in total. The van der Waals surface area contributed by atoms with Gasteiger partial charge in [0.2, 0.25) is 0 Å². The summed E-state index contributed by atoms with van der Waals surface area (Å²) in [5, 5.41) is 8.98. The molecule has 0 atom stereocenters. The summed E-state index contributed by atoms with van der Waals surface area (Å²) in [6.45, 7) is 1.91. The van der Waals surface area contributed by atoms with E-state index >= 15 is 0 Å². The third-order valence-corrected chi connectivity index (χ3v) is 2.79. The second-order valence-electron chi connectivity index (χ2n) is 3.93. The number of aryl methyl sites for hydroxylation is 1. The van der Waals surface area contributed by atoms with Crippen LogP contribution in [0.5, 0.6) is 0 Å². The lowest BCUT2D eigenvalue weighted by atomic mass is 10.0. The average molecular weight is 243 g/mol. The standard InChI is InChI=1S/C14H13NO3/c1-2-12-10(9-6-4-3-5-7-9)8-11(14(17)18)13(16)15-12/h3-8H,2H2,1H3,(H,15,16)(H,17,18). The molecule has 18 heavy (non-hydrogen) atoms. The molecule has 1 aromatic heterocycles. The van der Waals surface area contributed by atoms with Crippen LogP contribution in [0, 0.1) is 0 Å². The second-order valence-corrected chi connectivity index (χ2v) is 3.93. The number of rotatable bonds is 3. The summed E-state index contributed by atoms with van der Waals surface area (Å²) in [4.78, 5) is 25.2. The van der Waals surface area contributed by atoms with Gasteiger partial charge in [-0.25, -0.2) is 4.79 Å². The minimum Gasteiger partial charge on any atom is -0.477 e. The minimum absolute atomic E-state index is 0.231. The van der Waals surface area contributed by atoms with Gasteiger partial charge in [-0.05, 0) is 18.1 Å². The molecule has 2 rings (SSSR count). The Hall–Kier alpha value is -2.36. The van der Waals surface area contributed by atoms with Gasteiger partial charge >= 0.3 is 5.97 Å². The van der Waals surface area contributed by atoms with Gasteiger partial charge in [-0.2, -0.15) is 0 Å². The number of carboxylic acid groups (broad SMARTS) is 1. The van der Waals surface area contributed by atoms with E-state index in [9.17, 15) is 9.59 Å². The van der Waals surface area contributed by atoms with E-state index in [1.807, 2.05) is 37.3 Å². The summed E-state index contributed by atoms with van der Waals surface area (Å²) in [6, 6.07) is 10.9. The van der Waals surface area contributed by atoms with Crippen molar-refractivity contribution < 1.29 is 9.90 Å². The van der Waals surface area contributed by atoms with Gasteiger partial charge in [0, 0.05) is 11.3 Å². The van der Waals surface area contributed by atoms with Crippen LogP contribution in [0.4, 0.5) is 0 Å². The Balaban J connectivity index is 2.69. The zero-order chi connectivity index (χ0) is 13.1. The highest BCUT2D eigenvalue weighted by Crippen LogP contribution is 2.22. The fourth-order valence-corrected chi connectivity index (χ4v) is 1.88. The first-order valence-electron chi connectivity index (χ1n) is 5.68. The molecule has 1 heterocycles. The third-order valence-electron chi connectivity index (χ3n) is 2.79. The van der Waals surface area contributed by atoms with Gasteiger partial charge in [0.15, 0.2) is 0 Å². The molecule has 0 amide bonds. The van der Waals surface area contributed by atoms with Crippen molar-refractivity contribution in [3.63, 3.8) is 0 Å². The highest BCUT2D eigenvalue weighted by Gasteiger charge is 2.13. The van der Waals surface area contributed by atoms with Gasteiger partial charge in [-0.15, -0.1) is 0 Å². The van der Waals surface area contributed by atoms with E-state index < -0.39 is 11.5 Å². The van der Waals surface area contributed by atoms with Crippen molar-refractivity contribution in [1.82, 2.24) is 4.98 Å². The van der Waals surface area contributed by atoms with E-state index in [-0.39, 0.29) is 5.56 Å². The number of aromatic amines is 1. The predicted octanol–water partition coefficient (Wildman–Crippen LogP) is 2.30. The molecule has 0 spiro atoms. The number of hydrogen-bond acceptors (Lipinski definition) is 2. The van der Waals surface area contributed by atoms with Crippen molar-refractivity contribution in [2.24, 2.45) is 0 Å². The number of nitrogens with one attached hydrogen (secondary N) is 1. The Labute approximate surface area is 104 Å². The smallest absolute Gasteiger partial charge is 0.341 e. The monoisotopic (exact) mass is 243 g/mol. The Morgan fingerprint density at radius 3 is 2.50 bits per heavy atom. The summed E-state index contributed by atoms with van der Waals surface area (Å²) in [5.74, 6) is -1.21. The Bertz CT molecular complexity index is 629. The van der Waals surface area contributed by atoms with Crippen LogP contribution in [-0.2, 0) is 6.42 Å². The molecule has 0 saturated carbocycles. The number of carbonyl (C=O) groups is 1. The molecule has 4 nitrogen and oxygen atoms in total. The van der Waals surface area contributed by atoms with Gasteiger partial charge in [0.25, 0.3) is 5.56 Å². The Kier molecular flexibility index (Phi) is 3.28. The summed E-state index contributed by atoms with van der Waals surface area (Å²) in [5.41, 5.74) is 1.62. The van der Waals surface area contributed by atoms with E-state index in [0.29, 0.717) is 6.42 Å². The van der Waals surface area contributed by atoms with Crippen LogP contribution in [0.3, 0.4) is 0 Å². The molecule has 0 unspecified atom stereocenters. The molecule has 1 aromatic carbocycles. The quantitative estimate of drug-likeness (QED) is 0.869. The van der Waals surface area contributed by atoms with Gasteiger partial charge in [-0.3, -0.25) is 4.79 Å². The van der Waals surface area contributed by atoms with Gasteiger partial charge in [0.1, 0.15) is 5.56 Å². The normalized spacial score (nSPS) is 10.3. The molecule has 0 fully saturated rings. The van der Waals surface area contributed by atoms with Crippen LogP contribution < -0.4 is 5.56 Å². The molecule has 92 valence electrons. The van der Waals surface area contributed by atoms with E-state index in [2.05, 4.69) is 4.98 Å². The van der Waals surface area contributed by atoms with Crippen molar-refractivity contribution >= 4 is 5.97 Å². The van der Waals surface area contributed by atoms with E-state index in [4.69, 9.17) is 5.11 Å². The maximum absolute atomic E-state index is 11.6. The maximum atomic E-state index is 11.6. The third kappa shape index (κ3) is 2.18. The second kappa shape index (κ2) is 4.87. The maximum Gasteiger partial charge on any atom is 0.341 e. The molecule has 0 aliphatic carbocycles. The summed E-state index contributed by atoms with van der Waals surface area (Å²) in [6.07, 6.45) is 0.638. The van der Waals surface area contributed by atoms with Crippen molar-refractivity contribution in [3.8, 4) is 11.1 Å². The summed E-state index contributed by atoms with van der Waals surface area (Å²) < 4.78 is 0. The minimum atomic E-state index is -1.21. The zero-order valence-electron chi connectivity index (χ0n) is 9.93. The molecule has 4 heteroatoms. The number of carboxylic acids is 1. The van der Waals surface area contributed by atoms with E-state index in [1.165, 1.54) is 6.07 Å². The average Bonchev–Trinajstić information content (AvgIpc) is 2.39. The lowest BCUT2D eigenvalue weighted by Crippen LogP contribution is -2.19. The van der Waals surface area contributed by atoms with Crippen molar-refractivity contribution in [1.29, 1.82) is 0 Å². The van der Waals surface area contributed by atoms with Crippen LogP contribution in [0.1, 0.15) is 23.0 Å². The highest BCUT2D eigenvalue weighted by molar-refractivity contribution is 5.89. The van der Waals surface area contributed by atoms with Gasteiger partial charge in [-0.1, -0.05) is 37.3 Å². The predicted molar refractivity (Wildman–Crippen MR) is 68.8 cm³/mol. The van der Waals surface area contributed by atoms with Crippen LogP contribution >= 0.6 is 0 Å². The van der Waals surface area contributed by atoms with Crippen molar-refractivity contribution in [3.05, 3.63) is 58.0 Å². The number of aromatic nitrogens is 1. The summed E-state index contributed by atoms with van der Waals surface area (Å²) in [7, 11) is 0. The largest absolute Gasteiger partial charge is 0.477 e. The lowest BCUT2D eigenvalue weighted by Gasteiger charge is -2.08. The fraction of sp³-hybridized carbons (Fsp3) is 0.143. The van der Waals surface area contributed by atoms with Crippen molar-refractivity contribution in [2.75, 3.05) is 0 Å². The molecule has 2 aromatic rings. The molecule has 0 bridgehead atoms. The molecule has 0 aliphatic rings. The Morgan fingerprint density at radius 2 is 1.94 bits per heavy atom. The topological polar surface area (TPSA) is 70.2 Å². The fourth-order valence-electron chi connectivity index (χ4n) is 1.88. The number of pyridine rings is 1. The van der Waals surface area contributed by atoms with Crippen LogP contribution in [0.2, 0.25) is 0 Å². The SMILES string of the molecule is CCc1[nH]c(=O)c(C(=O)O)cc1-c1ccccc1. The van der Waals surface area contributed by atoms with Crippen LogP contribution in [0.25, 0.3) is 11.1 Å². The number of aromatic carboxylic acids is 1. The van der Waals surface area contributed by atoms with Crippen LogP contribution in [-0.4, -0.2) is 16.1 Å². The summed E-state index contributed by atoms with van der Waals surface area (Å²) >= 11 is 0. The molecular weight excluding hydrogens is 230 g/mol. The van der Waals surface area contributed by atoms with E-state index in [1.54, 1.807) is 0 Å². The molecular formula is C14H13NO3. The van der Waals surface area contributed by atoms with Crippen LogP contribution in [0.15, 0.2) is 41.2 Å². The first-order chi connectivity index (χ1) is 8.63. The number of hydrogen-bond donors (Lipinski definition) is 2. The van der Waals surface area contributed by atoms with Crippen molar-refractivity contribution in [2.45, 2.75) is 13.3 Å². The molecule has 0 radical (unpaired) electrons. The zero-order valence-corrected chi connectivity index (χ0v) is 9.93.